The van der Waals surface area contributed by atoms with Crippen molar-refractivity contribution in [3.05, 3.63) is 35.9 Å². The summed E-state index contributed by atoms with van der Waals surface area (Å²) in [5, 5.41) is 0. The number of nitrogens with zero attached hydrogens (tertiary/aromatic N) is 1. The Bertz CT molecular complexity index is 450. The summed E-state index contributed by atoms with van der Waals surface area (Å²) in [7, 11) is 0. The maximum absolute atomic E-state index is 5.81. The topological polar surface area (TPSA) is 21.6 Å². The van der Waals surface area contributed by atoms with Gasteiger partial charge in [0.1, 0.15) is 0 Å². The molecule has 0 N–H and O–H groups in total. The molecule has 110 valence electrons. The Hall–Kier alpha value is -1.31. The van der Waals surface area contributed by atoms with E-state index in [1.54, 1.807) is 0 Å². The number of aliphatic imine (C=N–C) groups is 1. The smallest absolute Gasteiger partial charge is 0.186 e. The van der Waals surface area contributed by atoms with Gasteiger partial charge in [-0.3, -0.25) is 0 Å². The average Bonchev–Trinajstić information content (AvgIpc) is 2.44. The molecular formula is C18H27NO. The summed E-state index contributed by atoms with van der Waals surface area (Å²) in [6.07, 6.45) is 3.28. The van der Waals surface area contributed by atoms with Gasteiger partial charge in [-0.25, -0.2) is 4.99 Å². The normalized spacial score (nSPS) is 20.7. The SMILES string of the molecule is CCC(CC(C)C1=NC(C)(C)CCO1)c1ccccc1. The van der Waals surface area contributed by atoms with E-state index in [0.29, 0.717) is 11.8 Å². The van der Waals surface area contributed by atoms with Crippen LogP contribution in [0.15, 0.2) is 35.3 Å². The largest absolute Gasteiger partial charge is 0.481 e. The van der Waals surface area contributed by atoms with Crippen LogP contribution < -0.4 is 0 Å². The summed E-state index contributed by atoms with van der Waals surface area (Å²) in [4.78, 5) is 4.79. The van der Waals surface area contributed by atoms with E-state index >= 15 is 0 Å². The van der Waals surface area contributed by atoms with Gasteiger partial charge in [-0.2, -0.15) is 0 Å². The van der Waals surface area contributed by atoms with Crippen LogP contribution in [0.4, 0.5) is 0 Å². The van der Waals surface area contributed by atoms with E-state index in [9.17, 15) is 0 Å². The zero-order valence-electron chi connectivity index (χ0n) is 13.2. The molecule has 0 aromatic heterocycles. The molecule has 2 atom stereocenters. The van der Waals surface area contributed by atoms with E-state index in [4.69, 9.17) is 9.73 Å². The summed E-state index contributed by atoms with van der Waals surface area (Å²) in [5.41, 5.74) is 1.47. The zero-order chi connectivity index (χ0) is 14.6. The molecule has 20 heavy (non-hydrogen) atoms. The van der Waals surface area contributed by atoms with Crippen molar-refractivity contribution in [1.29, 1.82) is 0 Å². The van der Waals surface area contributed by atoms with Crippen LogP contribution in [0.1, 0.15) is 58.4 Å². The predicted molar refractivity (Wildman–Crippen MR) is 85.3 cm³/mol. The van der Waals surface area contributed by atoms with Gasteiger partial charge in [0.2, 0.25) is 0 Å². The van der Waals surface area contributed by atoms with Crippen LogP contribution in [0.25, 0.3) is 0 Å². The average molecular weight is 273 g/mol. The zero-order valence-corrected chi connectivity index (χ0v) is 13.2. The van der Waals surface area contributed by atoms with Crippen molar-refractivity contribution >= 4 is 5.90 Å². The van der Waals surface area contributed by atoms with Gasteiger partial charge < -0.3 is 4.74 Å². The number of benzene rings is 1. The third-order valence-electron chi connectivity index (χ3n) is 4.20. The van der Waals surface area contributed by atoms with Crippen LogP contribution in [0.5, 0.6) is 0 Å². The molecule has 0 aliphatic carbocycles. The van der Waals surface area contributed by atoms with Gasteiger partial charge >= 0.3 is 0 Å². The Balaban J connectivity index is 2.06. The van der Waals surface area contributed by atoms with Crippen LogP contribution in [-0.4, -0.2) is 18.0 Å². The Morgan fingerprint density at radius 1 is 1.25 bits per heavy atom. The molecule has 0 amide bonds. The van der Waals surface area contributed by atoms with E-state index < -0.39 is 0 Å². The molecule has 1 aromatic carbocycles. The lowest BCUT2D eigenvalue weighted by Crippen LogP contribution is -2.32. The molecule has 1 aromatic rings. The van der Waals surface area contributed by atoms with Crippen molar-refractivity contribution < 1.29 is 4.74 Å². The second-order valence-corrected chi connectivity index (χ2v) is 6.51. The minimum atomic E-state index is 0.0380. The fraction of sp³-hybridized carbons (Fsp3) is 0.611. The maximum Gasteiger partial charge on any atom is 0.186 e. The monoisotopic (exact) mass is 273 g/mol. The van der Waals surface area contributed by atoms with Crippen LogP contribution in [0.3, 0.4) is 0 Å². The molecule has 0 fully saturated rings. The molecule has 0 saturated heterocycles. The van der Waals surface area contributed by atoms with E-state index in [2.05, 4.69) is 58.0 Å². The highest BCUT2D eigenvalue weighted by atomic mass is 16.5. The highest BCUT2D eigenvalue weighted by molar-refractivity contribution is 5.79. The van der Waals surface area contributed by atoms with Gasteiger partial charge in [0.15, 0.2) is 5.90 Å². The Morgan fingerprint density at radius 2 is 1.95 bits per heavy atom. The lowest BCUT2D eigenvalue weighted by atomic mass is 9.87. The number of rotatable bonds is 5. The number of ether oxygens (including phenoxy) is 1. The van der Waals surface area contributed by atoms with Gasteiger partial charge in [0.05, 0.1) is 12.1 Å². The summed E-state index contributed by atoms with van der Waals surface area (Å²) in [6, 6.07) is 10.8. The van der Waals surface area contributed by atoms with E-state index in [-0.39, 0.29) is 5.54 Å². The summed E-state index contributed by atoms with van der Waals surface area (Å²) < 4.78 is 5.81. The Labute approximate surface area is 123 Å². The number of hydrogen-bond donors (Lipinski definition) is 0. The molecule has 1 heterocycles. The van der Waals surface area contributed by atoms with Gasteiger partial charge in [0, 0.05) is 12.3 Å². The Kier molecular flexibility index (Phi) is 4.85. The first-order valence-corrected chi connectivity index (χ1v) is 7.79. The second kappa shape index (κ2) is 6.43. The van der Waals surface area contributed by atoms with Crippen LogP contribution in [0, 0.1) is 5.92 Å². The molecule has 2 unspecified atom stereocenters. The summed E-state index contributed by atoms with van der Waals surface area (Å²) >= 11 is 0. The third kappa shape index (κ3) is 3.84. The van der Waals surface area contributed by atoms with Crippen molar-refractivity contribution in [2.24, 2.45) is 10.9 Å². The van der Waals surface area contributed by atoms with Crippen molar-refractivity contribution in [2.45, 2.75) is 58.4 Å². The quantitative estimate of drug-likeness (QED) is 0.755. The lowest BCUT2D eigenvalue weighted by Gasteiger charge is -2.30. The minimum Gasteiger partial charge on any atom is -0.481 e. The molecular weight excluding hydrogens is 246 g/mol. The van der Waals surface area contributed by atoms with Gasteiger partial charge in [-0.05, 0) is 38.2 Å². The molecule has 2 heteroatoms. The highest BCUT2D eigenvalue weighted by Crippen LogP contribution is 2.30. The van der Waals surface area contributed by atoms with Crippen LogP contribution >= 0.6 is 0 Å². The van der Waals surface area contributed by atoms with E-state index in [1.165, 1.54) is 5.56 Å². The summed E-state index contributed by atoms with van der Waals surface area (Å²) in [6.45, 7) is 9.69. The molecule has 2 rings (SSSR count). The first-order valence-electron chi connectivity index (χ1n) is 7.79. The molecule has 1 aliphatic heterocycles. The fourth-order valence-electron chi connectivity index (χ4n) is 2.84. The molecule has 0 radical (unpaired) electrons. The second-order valence-electron chi connectivity index (χ2n) is 6.51. The maximum atomic E-state index is 5.81. The van der Waals surface area contributed by atoms with Crippen LogP contribution in [0.2, 0.25) is 0 Å². The molecule has 1 aliphatic rings. The predicted octanol–water partition coefficient (Wildman–Crippen LogP) is 4.80. The molecule has 2 nitrogen and oxygen atoms in total. The molecule has 0 bridgehead atoms. The van der Waals surface area contributed by atoms with E-state index in [0.717, 1.165) is 31.8 Å². The van der Waals surface area contributed by atoms with Crippen molar-refractivity contribution in [2.75, 3.05) is 6.61 Å². The summed E-state index contributed by atoms with van der Waals surface area (Å²) in [5.74, 6) is 1.93. The lowest BCUT2D eigenvalue weighted by molar-refractivity contribution is 0.210. The fourth-order valence-corrected chi connectivity index (χ4v) is 2.84. The van der Waals surface area contributed by atoms with E-state index in [1.807, 2.05) is 0 Å². The van der Waals surface area contributed by atoms with Crippen molar-refractivity contribution in [3.63, 3.8) is 0 Å². The highest BCUT2D eigenvalue weighted by Gasteiger charge is 2.27. The molecule has 0 spiro atoms. The minimum absolute atomic E-state index is 0.0380. The van der Waals surface area contributed by atoms with Crippen molar-refractivity contribution in [3.8, 4) is 0 Å². The first kappa shape index (κ1) is 15.1. The Morgan fingerprint density at radius 3 is 2.55 bits per heavy atom. The molecule has 0 saturated carbocycles. The van der Waals surface area contributed by atoms with Gasteiger partial charge in [-0.15, -0.1) is 0 Å². The van der Waals surface area contributed by atoms with Gasteiger partial charge in [-0.1, -0.05) is 44.2 Å². The first-order chi connectivity index (χ1) is 9.52. The van der Waals surface area contributed by atoms with Crippen LogP contribution in [-0.2, 0) is 4.74 Å². The third-order valence-corrected chi connectivity index (χ3v) is 4.20. The standard InChI is InChI=1S/C18H27NO/c1-5-15(16-9-7-6-8-10-16)13-14(2)17-19-18(3,4)11-12-20-17/h6-10,14-15H,5,11-13H2,1-4H3. The van der Waals surface area contributed by atoms with Gasteiger partial charge in [0.25, 0.3) is 0 Å². The number of hydrogen-bond acceptors (Lipinski definition) is 2. The van der Waals surface area contributed by atoms with Crippen molar-refractivity contribution in [1.82, 2.24) is 0 Å².